The first kappa shape index (κ1) is 13.7. The third-order valence-electron chi connectivity index (χ3n) is 2.86. The predicted molar refractivity (Wildman–Crippen MR) is 75.6 cm³/mol. The second kappa shape index (κ2) is 7.63. The van der Waals surface area contributed by atoms with E-state index in [9.17, 15) is 0 Å². The second-order valence-electron chi connectivity index (χ2n) is 4.31. The maximum absolute atomic E-state index is 5.69. The molecule has 0 spiro atoms. The van der Waals surface area contributed by atoms with E-state index in [2.05, 4.69) is 21.7 Å². The van der Waals surface area contributed by atoms with Crippen LogP contribution in [0.1, 0.15) is 12.0 Å². The number of benzene rings is 1. The number of nitrogens with zero attached hydrogens (tertiary/aromatic N) is 1. The Hall–Kier alpha value is -1.75. The first-order valence-corrected chi connectivity index (χ1v) is 6.62. The number of para-hydroxylation sites is 1. The lowest BCUT2D eigenvalue weighted by molar-refractivity contribution is 0.145. The molecule has 2 N–H and O–H groups in total. The van der Waals surface area contributed by atoms with E-state index in [1.807, 2.05) is 18.2 Å². The summed E-state index contributed by atoms with van der Waals surface area (Å²) in [4.78, 5) is 4.38. The molecule has 19 heavy (non-hydrogen) atoms. The summed E-state index contributed by atoms with van der Waals surface area (Å²) < 4.78 is 10.7. The third kappa shape index (κ3) is 4.44. The molecule has 0 unspecified atom stereocenters. The van der Waals surface area contributed by atoms with Gasteiger partial charge in [-0.1, -0.05) is 18.2 Å². The smallest absolute Gasteiger partial charge is 0.191 e. The Balaban J connectivity index is 1.89. The molecule has 1 aliphatic heterocycles. The van der Waals surface area contributed by atoms with Crippen molar-refractivity contribution in [2.45, 2.75) is 13.0 Å². The number of hydrogen-bond acceptors (Lipinski definition) is 5. The SMILES string of the molecule is COCCOc1ccccc1CNC1=NCCCN1. The number of rotatable bonds is 6. The Morgan fingerprint density at radius 2 is 2.21 bits per heavy atom. The van der Waals surface area contributed by atoms with Gasteiger partial charge in [-0.2, -0.15) is 0 Å². The second-order valence-corrected chi connectivity index (χ2v) is 4.31. The highest BCUT2D eigenvalue weighted by Gasteiger charge is 2.06. The van der Waals surface area contributed by atoms with Crippen LogP contribution >= 0.6 is 0 Å². The summed E-state index contributed by atoms with van der Waals surface area (Å²) in [5, 5.41) is 6.54. The van der Waals surface area contributed by atoms with Crippen molar-refractivity contribution in [3.63, 3.8) is 0 Å². The van der Waals surface area contributed by atoms with Crippen molar-refractivity contribution in [3.8, 4) is 5.75 Å². The fraction of sp³-hybridized carbons (Fsp3) is 0.500. The average Bonchev–Trinajstić information content (AvgIpc) is 2.48. The number of hydrogen-bond donors (Lipinski definition) is 2. The van der Waals surface area contributed by atoms with Gasteiger partial charge in [-0.3, -0.25) is 4.99 Å². The third-order valence-corrected chi connectivity index (χ3v) is 2.86. The standard InChI is InChI=1S/C14H21N3O2/c1-18-9-10-19-13-6-3-2-5-12(13)11-17-14-15-7-4-8-16-14/h2-3,5-6H,4,7-11H2,1H3,(H2,15,16,17). The average molecular weight is 263 g/mol. The zero-order valence-corrected chi connectivity index (χ0v) is 11.3. The molecule has 0 atom stereocenters. The zero-order chi connectivity index (χ0) is 13.3. The molecule has 1 aromatic rings. The molecular formula is C14H21N3O2. The van der Waals surface area contributed by atoms with Gasteiger partial charge in [0.05, 0.1) is 6.61 Å². The summed E-state index contributed by atoms with van der Waals surface area (Å²) in [6, 6.07) is 8.01. The van der Waals surface area contributed by atoms with Gasteiger partial charge in [0.1, 0.15) is 12.4 Å². The molecule has 5 heteroatoms. The van der Waals surface area contributed by atoms with Crippen LogP contribution in [0.15, 0.2) is 29.3 Å². The molecule has 0 fully saturated rings. The van der Waals surface area contributed by atoms with Crippen molar-refractivity contribution in [3.05, 3.63) is 29.8 Å². The van der Waals surface area contributed by atoms with E-state index in [0.29, 0.717) is 19.8 Å². The van der Waals surface area contributed by atoms with Crippen molar-refractivity contribution in [1.82, 2.24) is 10.6 Å². The van der Waals surface area contributed by atoms with Crippen LogP contribution < -0.4 is 15.4 Å². The highest BCUT2D eigenvalue weighted by Crippen LogP contribution is 2.17. The minimum Gasteiger partial charge on any atom is -0.491 e. The molecule has 0 saturated heterocycles. The van der Waals surface area contributed by atoms with E-state index < -0.39 is 0 Å². The van der Waals surface area contributed by atoms with Gasteiger partial charge in [0.15, 0.2) is 5.96 Å². The van der Waals surface area contributed by atoms with Gasteiger partial charge in [0, 0.05) is 32.3 Å². The van der Waals surface area contributed by atoms with Gasteiger partial charge in [0.2, 0.25) is 0 Å². The molecule has 0 aliphatic carbocycles. The molecule has 0 radical (unpaired) electrons. The molecule has 0 amide bonds. The van der Waals surface area contributed by atoms with Crippen LogP contribution in [0.2, 0.25) is 0 Å². The lowest BCUT2D eigenvalue weighted by Gasteiger charge is -2.17. The molecule has 0 saturated carbocycles. The summed E-state index contributed by atoms with van der Waals surface area (Å²) in [7, 11) is 1.67. The number of ether oxygens (including phenoxy) is 2. The van der Waals surface area contributed by atoms with E-state index in [1.165, 1.54) is 0 Å². The summed E-state index contributed by atoms with van der Waals surface area (Å²) in [5.41, 5.74) is 1.12. The van der Waals surface area contributed by atoms with E-state index in [-0.39, 0.29) is 0 Å². The number of aliphatic imine (C=N–C) groups is 1. The molecule has 1 heterocycles. The van der Waals surface area contributed by atoms with Gasteiger partial charge in [-0.25, -0.2) is 0 Å². The Labute approximate surface area is 114 Å². The van der Waals surface area contributed by atoms with E-state index >= 15 is 0 Å². The van der Waals surface area contributed by atoms with Crippen molar-refractivity contribution in [2.24, 2.45) is 4.99 Å². The molecule has 104 valence electrons. The minimum atomic E-state index is 0.562. The maximum atomic E-state index is 5.69. The lowest BCUT2D eigenvalue weighted by atomic mass is 10.2. The molecule has 1 aromatic carbocycles. The van der Waals surface area contributed by atoms with Crippen molar-refractivity contribution >= 4 is 5.96 Å². The summed E-state index contributed by atoms with van der Waals surface area (Å²) in [6.07, 6.45) is 1.10. The normalized spacial score (nSPS) is 14.5. The molecule has 5 nitrogen and oxygen atoms in total. The van der Waals surface area contributed by atoms with Gasteiger partial charge in [-0.15, -0.1) is 0 Å². The first-order chi connectivity index (χ1) is 9.40. The fourth-order valence-electron chi connectivity index (χ4n) is 1.86. The first-order valence-electron chi connectivity index (χ1n) is 6.62. The molecule has 1 aliphatic rings. The largest absolute Gasteiger partial charge is 0.491 e. The van der Waals surface area contributed by atoms with E-state index in [1.54, 1.807) is 7.11 Å². The highest BCUT2D eigenvalue weighted by atomic mass is 16.5. The van der Waals surface area contributed by atoms with Crippen LogP contribution in [0, 0.1) is 0 Å². The maximum Gasteiger partial charge on any atom is 0.191 e. The van der Waals surface area contributed by atoms with Crippen LogP contribution in [0.3, 0.4) is 0 Å². The van der Waals surface area contributed by atoms with E-state index in [4.69, 9.17) is 9.47 Å². The Morgan fingerprint density at radius 3 is 3.00 bits per heavy atom. The Kier molecular flexibility index (Phi) is 5.49. The Bertz CT molecular complexity index is 421. The number of nitrogens with one attached hydrogen (secondary N) is 2. The van der Waals surface area contributed by atoms with Crippen LogP contribution in [0.4, 0.5) is 0 Å². The number of guanidine groups is 1. The summed E-state index contributed by atoms with van der Waals surface area (Å²) in [5.74, 6) is 1.77. The van der Waals surface area contributed by atoms with Gasteiger partial charge >= 0.3 is 0 Å². The predicted octanol–water partition coefficient (Wildman–Crippen LogP) is 1.15. The van der Waals surface area contributed by atoms with E-state index in [0.717, 1.165) is 36.8 Å². The molecular weight excluding hydrogens is 242 g/mol. The van der Waals surface area contributed by atoms with Gasteiger partial charge in [0.25, 0.3) is 0 Å². The quantitative estimate of drug-likeness (QED) is 0.756. The van der Waals surface area contributed by atoms with Crippen molar-refractivity contribution < 1.29 is 9.47 Å². The molecule has 2 rings (SSSR count). The van der Waals surface area contributed by atoms with Crippen molar-refractivity contribution in [2.75, 3.05) is 33.4 Å². The zero-order valence-electron chi connectivity index (χ0n) is 11.3. The van der Waals surface area contributed by atoms with Crippen LogP contribution in [-0.4, -0.2) is 39.4 Å². The van der Waals surface area contributed by atoms with Crippen LogP contribution in [-0.2, 0) is 11.3 Å². The minimum absolute atomic E-state index is 0.562. The summed E-state index contributed by atoms with van der Waals surface area (Å²) >= 11 is 0. The van der Waals surface area contributed by atoms with Gasteiger partial charge < -0.3 is 20.1 Å². The highest BCUT2D eigenvalue weighted by molar-refractivity contribution is 5.80. The number of methoxy groups -OCH3 is 1. The lowest BCUT2D eigenvalue weighted by Crippen LogP contribution is -2.40. The topological polar surface area (TPSA) is 54.9 Å². The molecule has 0 aromatic heterocycles. The van der Waals surface area contributed by atoms with Gasteiger partial charge in [-0.05, 0) is 12.5 Å². The van der Waals surface area contributed by atoms with Crippen LogP contribution in [0.5, 0.6) is 5.75 Å². The monoisotopic (exact) mass is 263 g/mol. The molecule has 0 bridgehead atoms. The summed E-state index contributed by atoms with van der Waals surface area (Å²) in [6.45, 7) is 3.73. The van der Waals surface area contributed by atoms with Crippen LogP contribution in [0.25, 0.3) is 0 Å². The Morgan fingerprint density at radius 1 is 1.32 bits per heavy atom. The fourth-order valence-corrected chi connectivity index (χ4v) is 1.86. The van der Waals surface area contributed by atoms with Crippen molar-refractivity contribution in [1.29, 1.82) is 0 Å².